The molecule has 1 atom stereocenters. The highest BCUT2D eigenvalue weighted by molar-refractivity contribution is 5.33. The highest BCUT2D eigenvalue weighted by Gasteiger charge is 2.06. The zero-order chi connectivity index (χ0) is 8.27. The Morgan fingerprint density at radius 2 is 2.36 bits per heavy atom. The van der Waals surface area contributed by atoms with Gasteiger partial charge in [-0.1, -0.05) is 26.0 Å². The van der Waals surface area contributed by atoms with Crippen LogP contribution in [0.1, 0.15) is 31.7 Å². The van der Waals surface area contributed by atoms with E-state index in [2.05, 4.69) is 19.9 Å². The van der Waals surface area contributed by atoms with Crippen molar-refractivity contribution >= 4 is 0 Å². The molecule has 1 heteroatoms. The minimum Gasteiger partial charge on any atom is -0.508 e. The van der Waals surface area contributed by atoms with Gasteiger partial charge in [-0.2, -0.15) is 0 Å². The van der Waals surface area contributed by atoms with Crippen LogP contribution in [-0.2, 0) is 0 Å². The van der Waals surface area contributed by atoms with Crippen molar-refractivity contribution in [3.63, 3.8) is 0 Å². The van der Waals surface area contributed by atoms with Crippen molar-refractivity contribution < 1.29 is 5.11 Å². The number of benzene rings is 1. The molecule has 0 spiro atoms. The number of aromatic hydroxyl groups is 1. The highest BCUT2D eigenvalue weighted by atomic mass is 16.3. The number of hydrogen-bond acceptors (Lipinski definition) is 1. The third-order valence-corrected chi connectivity index (χ3v) is 1.97. The smallest absolute Gasteiger partial charge is 0.119 e. The predicted molar refractivity (Wildman–Crippen MR) is 45.6 cm³/mol. The molecule has 1 nitrogen and oxygen atoms in total. The van der Waals surface area contributed by atoms with E-state index in [1.165, 1.54) is 0 Å². The second-order valence-corrected chi connectivity index (χ2v) is 2.78. The number of hydrogen-bond donors (Lipinski definition) is 1. The van der Waals surface area contributed by atoms with Gasteiger partial charge in [0.15, 0.2) is 0 Å². The Morgan fingerprint density at radius 1 is 1.64 bits per heavy atom. The molecule has 0 aliphatic carbocycles. The van der Waals surface area contributed by atoms with Gasteiger partial charge in [-0.3, -0.25) is 0 Å². The van der Waals surface area contributed by atoms with Crippen LogP contribution in [0.3, 0.4) is 0 Å². The maximum Gasteiger partial charge on any atom is 0.119 e. The van der Waals surface area contributed by atoms with Crippen LogP contribution in [0.2, 0.25) is 0 Å². The van der Waals surface area contributed by atoms with Crippen molar-refractivity contribution in [2.24, 2.45) is 0 Å². The molecule has 1 aromatic carbocycles. The van der Waals surface area contributed by atoms with E-state index >= 15 is 0 Å². The van der Waals surface area contributed by atoms with Crippen molar-refractivity contribution in [3.05, 3.63) is 29.8 Å². The number of phenolic OH excluding ortho intramolecular Hbond substituents is 1. The Balaban J connectivity index is 2.93. The lowest BCUT2D eigenvalue weighted by Gasteiger charge is -2.09. The summed E-state index contributed by atoms with van der Waals surface area (Å²) in [4.78, 5) is 0. The summed E-state index contributed by atoms with van der Waals surface area (Å²) in [6.45, 7) is 4.19. The molecule has 0 heterocycles. The molecule has 0 aromatic heterocycles. The third-order valence-electron chi connectivity index (χ3n) is 1.97. The van der Waals surface area contributed by atoms with Crippen molar-refractivity contribution in [3.8, 4) is 5.75 Å². The Labute approximate surface area is 67.7 Å². The van der Waals surface area contributed by atoms with E-state index in [4.69, 9.17) is 0 Å². The molecule has 0 saturated carbocycles. The SMILES string of the molecule is CCC(C)c1[c]cccc1O. The standard InChI is InChI=1S/C10H13O/c1-3-8(2)9-6-4-5-7-10(9)11/h4-5,7-8,11H,3H2,1-2H3. The van der Waals surface area contributed by atoms with E-state index < -0.39 is 0 Å². The first-order chi connectivity index (χ1) is 5.25. The molecule has 1 aromatic rings. The second kappa shape index (κ2) is 3.42. The summed E-state index contributed by atoms with van der Waals surface area (Å²) in [5.74, 6) is 0.762. The fourth-order valence-corrected chi connectivity index (χ4v) is 1.04. The van der Waals surface area contributed by atoms with Gasteiger partial charge in [0.1, 0.15) is 5.75 Å². The van der Waals surface area contributed by atoms with Crippen LogP contribution in [0.15, 0.2) is 18.2 Å². The largest absolute Gasteiger partial charge is 0.508 e. The molecule has 1 radical (unpaired) electrons. The van der Waals surface area contributed by atoms with Gasteiger partial charge < -0.3 is 5.11 Å². The maximum atomic E-state index is 9.38. The minimum atomic E-state index is 0.363. The Morgan fingerprint density at radius 3 is 2.91 bits per heavy atom. The monoisotopic (exact) mass is 149 g/mol. The van der Waals surface area contributed by atoms with Crippen LogP contribution in [0, 0.1) is 6.07 Å². The molecule has 59 valence electrons. The summed E-state index contributed by atoms with van der Waals surface area (Å²) in [6, 6.07) is 8.37. The van der Waals surface area contributed by atoms with Gasteiger partial charge in [-0.15, -0.1) is 0 Å². The molecule has 0 aliphatic heterocycles. The van der Waals surface area contributed by atoms with Crippen LogP contribution < -0.4 is 0 Å². The summed E-state index contributed by atoms with van der Waals surface area (Å²) >= 11 is 0. The van der Waals surface area contributed by atoms with Crippen LogP contribution in [0.25, 0.3) is 0 Å². The lowest BCUT2D eigenvalue weighted by molar-refractivity contribution is 0.461. The Kier molecular flexibility index (Phi) is 2.53. The molecule has 0 fully saturated rings. The zero-order valence-corrected chi connectivity index (χ0v) is 6.96. The van der Waals surface area contributed by atoms with Crippen LogP contribution in [0.5, 0.6) is 5.75 Å². The average Bonchev–Trinajstić information content (AvgIpc) is 2.04. The van der Waals surface area contributed by atoms with Crippen molar-refractivity contribution in [2.75, 3.05) is 0 Å². The average molecular weight is 149 g/mol. The van der Waals surface area contributed by atoms with Crippen molar-refractivity contribution in [2.45, 2.75) is 26.2 Å². The molecule has 0 aliphatic rings. The minimum absolute atomic E-state index is 0.363. The van der Waals surface area contributed by atoms with Gasteiger partial charge in [0.25, 0.3) is 0 Å². The summed E-state index contributed by atoms with van der Waals surface area (Å²) in [5.41, 5.74) is 0.926. The van der Waals surface area contributed by atoms with Gasteiger partial charge >= 0.3 is 0 Å². The summed E-state index contributed by atoms with van der Waals surface area (Å²) in [7, 11) is 0. The van der Waals surface area contributed by atoms with E-state index in [-0.39, 0.29) is 0 Å². The predicted octanol–water partition coefficient (Wildman–Crippen LogP) is 2.71. The van der Waals surface area contributed by atoms with Gasteiger partial charge in [0, 0.05) is 5.56 Å². The zero-order valence-electron chi connectivity index (χ0n) is 6.96. The van der Waals surface area contributed by atoms with E-state index in [1.807, 2.05) is 6.07 Å². The molecular formula is C10H13O. The summed E-state index contributed by atoms with van der Waals surface area (Å²) in [5, 5.41) is 9.38. The second-order valence-electron chi connectivity index (χ2n) is 2.78. The lowest BCUT2D eigenvalue weighted by Crippen LogP contribution is -1.91. The quantitative estimate of drug-likeness (QED) is 0.685. The van der Waals surface area contributed by atoms with Crippen LogP contribution >= 0.6 is 0 Å². The maximum absolute atomic E-state index is 9.38. The first-order valence-electron chi connectivity index (χ1n) is 3.95. The van der Waals surface area contributed by atoms with Crippen molar-refractivity contribution in [1.82, 2.24) is 0 Å². The van der Waals surface area contributed by atoms with E-state index in [0.717, 1.165) is 12.0 Å². The Hall–Kier alpha value is -0.980. The van der Waals surface area contributed by atoms with Crippen LogP contribution in [0.4, 0.5) is 0 Å². The number of rotatable bonds is 2. The van der Waals surface area contributed by atoms with E-state index in [0.29, 0.717) is 11.7 Å². The van der Waals surface area contributed by atoms with Gasteiger partial charge in [0.05, 0.1) is 0 Å². The molecule has 11 heavy (non-hydrogen) atoms. The number of phenols is 1. The molecule has 1 rings (SSSR count). The molecule has 1 N–H and O–H groups in total. The fraction of sp³-hybridized carbons (Fsp3) is 0.400. The summed E-state index contributed by atoms with van der Waals surface area (Å²) < 4.78 is 0. The Bertz CT molecular complexity index is 230. The van der Waals surface area contributed by atoms with Gasteiger partial charge in [-0.25, -0.2) is 0 Å². The van der Waals surface area contributed by atoms with Crippen LogP contribution in [-0.4, -0.2) is 5.11 Å². The van der Waals surface area contributed by atoms with Gasteiger partial charge in [-0.05, 0) is 24.5 Å². The van der Waals surface area contributed by atoms with Gasteiger partial charge in [0.2, 0.25) is 0 Å². The molecule has 0 saturated heterocycles. The topological polar surface area (TPSA) is 20.2 Å². The molecule has 1 unspecified atom stereocenters. The van der Waals surface area contributed by atoms with E-state index in [9.17, 15) is 5.11 Å². The first kappa shape index (κ1) is 8.12. The normalized spacial score (nSPS) is 12.9. The summed E-state index contributed by atoms with van der Waals surface area (Å²) in [6.07, 6.45) is 1.04. The molecular weight excluding hydrogens is 136 g/mol. The van der Waals surface area contributed by atoms with E-state index in [1.54, 1.807) is 12.1 Å². The molecule has 0 bridgehead atoms. The van der Waals surface area contributed by atoms with Crippen molar-refractivity contribution in [1.29, 1.82) is 0 Å². The highest BCUT2D eigenvalue weighted by Crippen LogP contribution is 2.26. The molecule has 0 amide bonds. The first-order valence-corrected chi connectivity index (χ1v) is 3.95. The lowest BCUT2D eigenvalue weighted by atomic mass is 9.98. The third kappa shape index (κ3) is 1.73. The fourth-order valence-electron chi connectivity index (χ4n) is 1.04.